The molecule has 0 heterocycles. The fourth-order valence-corrected chi connectivity index (χ4v) is 3.32. The number of rotatable bonds is 8. The van der Waals surface area contributed by atoms with Crippen molar-refractivity contribution in [1.82, 2.24) is 10.2 Å². The van der Waals surface area contributed by atoms with Gasteiger partial charge in [0.2, 0.25) is 5.91 Å². The van der Waals surface area contributed by atoms with Crippen LogP contribution >= 0.6 is 23.2 Å². The van der Waals surface area contributed by atoms with Gasteiger partial charge < -0.3 is 15.0 Å². The van der Waals surface area contributed by atoms with Crippen molar-refractivity contribution in [3.63, 3.8) is 0 Å². The van der Waals surface area contributed by atoms with Crippen molar-refractivity contribution >= 4 is 35.0 Å². The Kier molecular flexibility index (Phi) is 8.15. The summed E-state index contributed by atoms with van der Waals surface area (Å²) in [5.74, 6) is 0.00374. The van der Waals surface area contributed by atoms with E-state index in [2.05, 4.69) is 5.32 Å². The second-order valence-electron chi connectivity index (χ2n) is 6.36. The second kappa shape index (κ2) is 10.3. The van der Waals surface area contributed by atoms with E-state index in [9.17, 15) is 9.59 Å². The molecule has 7 heteroatoms. The Morgan fingerprint density at radius 3 is 2.25 bits per heavy atom. The summed E-state index contributed by atoms with van der Waals surface area (Å²) in [6.07, 6.45) is 0.442. The van der Waals surface area contributed by atoms with E-state index in [0.717, 1.165) is 5.56 Å². The van der Waals surface area contributed by atoms with E-state index in [1.165, 1.54) is 4.90 Å². The highest BCUT2D eigenvalue weighted by molar-refractivity contribution is 6.36. The first-order valence-electron chi connectivity index (χ1n) is 9.00. The molecule has 0 spiro atoms. The van der Waals surface area contributed by atoms with Crippen molar-refractivity contribution in [2.24, 2.45) is 0 Å². The van der Waals surface area contributed by atoms with E-state index < -0.39 is 6.04 Å². The number of halogens is 2. The summed E-state index contributed by atoms with van der Waals surface area (Å²) in [5.41, 5.74) is 1.69. The summed E-state index contributed by atoms with van der Waals surface area (Å²) < 4.78 is 5.62. The predicted octanol–water partition coefficient (Wildman–Crippen LogP) is 4.23. The molecular weight excluding hydrogens is 399 g/mol. The Labute approximate surface area is 175 Å². The molecule has 0 aromatic heterocycles. The van der Waals surface area contributed by atoms with Crippen LogP contribution in [0, 0.1) is 6.92 Å². The largest absolute Gasteiger partial charge is 0.484 e. The van der Waals surface area contributed by atoms with Crippen LogP contribution in [-0.4, -0.2) is 36.4 Å². The van der Waals surface area contributed by atoms with Gasteiger partial charge in [0.05, 0.1) is 0 Å². The number of hydrogen-bond acceptors (Lipinski definition) is 3. The minimum absolute atomic E-state index is 0.112. The van der Waals surface area contributed by atoms with Crippen LogP contribution in [0.15, 0.2) is 42.5 Å². The molecular formula is C21H24Cl2N2O3. The van der Waals surface area contributed by atoms with Crippen LogP contribution in [0.2, 0.25) is 10.0 Å². The van der Waals surface area contributed by atoms with Crippen LogP contribution in [0.4, 0.5) is 0 Å². The summed E-state index contributed by atoms with van der Waals surface area (Å²) >= 11 is 12.5. The van der Waals surface area contributed by atoms with E-state index in [1.54, 1.807) is 37.4 Å². The molecule has 2 aromatic carbocycles. The highest BCUT2D eigenvalue weighted by Gasteiger charge is 2.29. The average Bonchev–Trinajstić information content (AvgIpc) is 2.69. The molecule has 0 saturated carbocycles. The predicted molar refractivity (Wildman–Crippen MR) is 112 cm³/mol. The minimum Gasteiger partial charge on any atom is -0.484 e. The van der Waals surface area contributed by atoms with E-state index >= 15 is 0 Å². The molecule has 2 aromatic rings. The van der Waals surface area contributed by atoms with Gasteiger partial charge in [0.15, 0.2) is 6.61 Å². The lowest BCUT2D eigenvalue weighted by atomic mass is 10.1. The Morgan fingerprint density at radius 1 is 1.11 bits per heavy atom. The molecule has 28 heavy (non-hydrogen) atoms. The zero-order chi connectivity index (χ0) is 20.7. The number of amides is 2. The highest BCUT2D eigenvalue weighted by atomic mass is 35.5. The summed E-state index contributed by atoms with van der Waals surface area (Å²) in [7, 11) is 1.54. The Hall–Kier alpha value is -2.24. The summed E-state index contributed by atoms with van der Waals surface area (Å²) in [5, 5.41) is 3.49. The SMILES string of the molecule is CCC(C(=O)NC)N(Cc1c(Cl)cccc1Cl)C(=O)COc1ccc(C)cc1. The molecule has 2 rings (SSSR count). The number of ether oxygens (including phenoxy) is 1. The molecule has 0 saturated heterocycles. The molecule has 0 aliphatic rings. The van der Waals surface area contributed by atoms with E-state index in [-0.39, 0.29) is 25.0 Å². The Bertz CT molecular complexity index is 805. The monoisotopic (exact) mass is 422 g/mol. The van der Waals surface area contributed by atoms with Crippen LogP contribution in [0.5, 0.6) is 5.75 Å². The number of aryl methyl sites for hydroxylation is 1. The first-order chi connectivity index (χ1) is 13.4. The van der Waals surface area contributed by atoms with Gasteiger partial charge in [-0.15, -0.1) is 0 Å². The number of nitrogens with zero attached hydrogens (tertiary/aromatic N) is 1. The second-order valence-corrected chi connectivity index (χ2v) is 7.18. The van der Waals surface area contributed by atoms with Gasteiger partial charge in [0, 0.05) is 29.2 Å². The van der Waals surface area contributed by atoms with Crippen molar-refractivity contribution in [2.75, 3.05) is 13.7 Å². The van der Waals surface area contributed by atoms with E-state index in [4.69, 9.17) is 27.9 Å². The topological polar surface area (TPSA) is 58.6 Å². The number of nitrogens with one attached hydrogen (secondary N) is 1. The molecule has 0 aliphatic carbocycles. The third kappa shape index (κ3) is 5.63. The number of benzene rings is 2. The number of hydrogen-bond donors (Lipinski definition) is 1. The Balaban J connectivity index is 2.24. The Morgan fingerprint density at radius 2 is 1.71 bits per heavy atom. The van der Waals surface area contributed by atoms with Gasteiger partial charge in [0.25, 0.3) is 5.91 Å². The molecule has 1 N–H and O–H groups in total. The molecule has 0 radical (unpaired) electrons. The number of likely N-dealkylation sites (N-methyl/N-ethyl adjacent to an activating group) is 1. The molecule has 0 aliphatic heterocycles. The van der Waals surface area contributed by atoms with Gasteiger partial charge in [-0.1, -0.05) is 53.9 Å². The van der Waals surface area contributed by atoms with Crippen LogP contribution < -0.4 is 10.1 Å². The quantitative estimate of drug-likeness (QED) is 0.691. The fraction of sp³-hybridized carbons (Fsp3) is 0.333. The third-order valence-corrected chi connectivity index (χ3v) is 5.11. The first kappa shape index (κ1) is 22.1. The highest BCUT2D eigenvalue weighted by Crippen LogP contribution is 2.27. The number of carbonyl (C=O) groups is 2. The molecule has 1 atom stereocenters. The lowest BCUT2D eigenvalue weighted by molar-refractivity contribution is -0.142. The summed E-state index contributed by atoms with van der Waals surface area (Å²) in [4.78, 5) is 26.8. The standard InChI is InChI=1S/C21H24Cl2N2O3/c1-4-19(21(27)24-3)25(12-16-17(22)6-5-7-18(16)23)20(26)13-28-15-10-8-14(2)9-11-15/h5-11,19H,4,12-13H2,1-3H3,(H,24,27). The lowest BCUT2D eigenvalue weighted by Crippen LogP contribution is -2.49. The maximum Gasteiger partial charge on any atom is 0.261 e. The zero-order valence-electron chi connectivity index (χ0n) is 16.2. The molecule has 2 amide bonds. The van der Waals surface area contributed by atoms with Crippen molar-refractivity contribution in [3.8, 4) is 5.75 Å². The van der Waals surface area contributed by atoms with Gasteiger partial charge >= 0.3 is 0 Å². The maximum atomic E-state index is 13.0. The van der Waals surface area contributed by atoms with Gasteiger partial charge in [-0.05, 0) is 37.6 Å². The molecule has 0 fully saturated rings. The van der Waals surface area contributed by atoms with Gasteiger partial charge in [-0.3, -0.25) is 9.59 Å². The van der Waals surface area contributed by atoms with Crippen molar-refractivity contribution in [3.05, 3.63) is 63.6 Å². The smallest absolute Gasteiger partial charge is 0.261 e. The lowest BCUT2D eigenvalue weighted by Gasteiger charge is -2.30. The van der Waals surface area contributed by atoms with Crippen LogP contribution in [0.25, 0.3) is 0 Å². The van der Waals surface area contributed by atoms with Crippen molar-refractivity contribution < 1.29 is 14.3 Å². The van der Waals surface area contributed by atoms with E-state index in [0.29, 0.717) is 27.8 Å². The summed E-state index contributed by atoms with van der Waals surface area (Å²) in [6, 6.07) is 11.9. The molecule has 1 unspecified atom stereocenters. The molecule has 0 bridgehead atoms. The van der Waals surface area contributed by atoms with Gasteiger partial charge in [-0.25, -0.2) is 0 Å². The van der Waals surface area contributed by atoms with Crippen LogP contribution in [-0.2, 0) is 16.1 Å². The molecule has 5 nitrogen and oxygen atoms in total. The van der Waals surface area contributed by atoms with E-state index in [1.807, 2.05) is 26.0 Å². The zero-order valence-corrected chi connectivity index (χ0v) is 17.7. The van der Waals surface area contributed by atoms with Crippen LogP contribution in [0.3, 0.4) is 0 Å². The molecule has 150 valence electrons. The minimum atomic E-state index is -0.661. The third-order valence-electron chi connectivity index (χ3n) is 4.41. The normalized spacial score (nSPS) is 11.6. The fourth-order valence-electron chi connectivity index (χ4n) is 2.80. The van der Waals surface area contributed by atoms with Gasteiger partial charge in [-0.2, -0.15) is 0 Å². The van der Waals surface area contributed by atoms with Crippen molar-refractivity contribution in [1.29, 1.82) is 0 Å². The van der Waals surface area contributed by atoms with Crippen LogP contribution in [0.1, 0.15) is 24.5 Å². The maximum absolute atomic E-state index is 13.0. The van der Waals surface area contributed by atoms with Gasteiger partial charge in [0.1, 0.15) is 11.8 Å². The first-order valence-corrected chi connectivity index (χ1v) is 9.76. The number of carbonyl (C=O) groups excluding carboxylic acids is 2. The van der Waals surface area contributed by atoms with Crippen molar-refractivity contribution in [2.45, 2.75) is 32.9 Å². The average molecular weight is 423 g/mol. The summed E-state index contributed by atoms with van der Waals surface area (Å²) in [6.45, 7) is 3.73.